The van der Waals surface area contributed by atoms with Crippen molar-refractivity contribution in [3.05, 3.63) is 75.1 Å². The van der Waals surface area contributed by atoms with E-state index in [4.69, 9.17) is 16.3 Å². The molecule has 0 heterocycles. The third-order valence-corrected chi connectivity index (χ3v) is 3.39. The molecular formula is C17H12ClFN2O5. The standard InChI is InChI=1S/C17H12ClFN2O5/c18-12-7-5-11(9-15(12)21(24)25)6-8-17(23)26-10-16(22)20-14-4-2-1-3-13(14)19/h1-9H,10H2,(H,20,22)/b8-6+. The van der Waals surface area contributed by atoms with Crippen LogP contribution in [0.15, 0.2) is 48.5 Å². The Hall–Kier alpha value is -3.26. The van der Waals surface area contributed by atoms with Gasteiger partial charge in [-0.25, -0.2) is 9.18 Å². The highest BCUT2D eigenvalue weighted by atomic mass is 35.5. The fourth-order valence-corrected chi connectivity index (χ4v) is 2.06. The lowest BCUT2D eigenvalue weighted by atomic mass is 10.2. The van der Waals surface area contributed by atoms with E-state index in [1.165, 1.54) is 42.5 Å². The molecule has 0 unspecified atom stereocenters. The smallest absolute Gasteiger partial charge is 0.331 e. The second-order valence-electron chi connectivity index (χ2n) is 4.94. The predicted octanol–water partition coefficient (Wildman–Crippen LogP) is 3.58. The first-order valence-corrected chi connectivity index (χ1v) is 7.58. The minimum Gasteiger partial charge on any atom is -0.452 e. The number of halogens is 2. The van der Waals surface area contributed by atoms with Gasteiger partial charge in [-0.1, -0.05) is 29.8 Å². The van der Waals surface area contributed by atoms with E-state index in [1.54, 1.807) is 6.07 Å². The van der Waals surface area contributed by atoms with Gasteiger partial charge in [0.2, 0.25) is 0 Å². The van der Waals surface area contributed by atoms with Crippen LogP contribution in [0.4, 0.5) is 15.8 Å². The number of rotatable bonds is 6. The third-order valence-electron chi connectivity index (χ3n) is 3.07. The summed E-state index contributed by atoms with van der Waals surface area (Å²) in [5.74, 6) is -2.17. The summed E-state index contributed by atoms with van der Waals surface area (Å²) in [6.45, 7) is -0.613. The van der Waals surface area contributed by atoms with Crippen molar-refractivity contribution in [3.63, 3.8) is 0 Å². The van der Waals surface area contributed by atoms with Crippen LogP contribution in [0, 0.1) is 15.9 Å². The lowest BCUT2D eigenvalue weighted by molar-refractivity contribution is -0.384. The maximum Gasteiger partial charge on any atom is 0.331 e. The maximum absolute atomic E-state index is 13.4. The van der Waals surface area contributed by atoms with Crippen molar-refractivity contribution in [2.45, 2.75) is 0 Å². The van der Waals surface area contributed by atoms with E-state index < -0.39 is 29.2 Å². The molecule has 7 nitrogen and oxygen atoms in total. The lowest BCUT2D eigenvalue weighted by Crippen LogP contribution is -2.20. The molecule has 2 aromatic rings. The number of nitro groups is 1. The summed E-state index contributed by atoms with van der Waals surface area (Å²) in [5, 5.41) is 13.0. The number of esters is 1. The zero-order valence-electron chi connectivity index (χ0n) is 13.1. The molecule has 26 heavy (non-hydrogen) atoms. The van der Waals surface area contributed by atoms with E-state index >= 15 is 0 Å². The number of amides is 1. The zero-order valence-corrected chi connectivity index (χ0v) is 13.9. The van der Waals surface area contributed by atoms with Crippen LogP contribution < -0.4 is 5.32 Å². The molecule has 0 aliphatic heterocycles. The molecule has 0 aliphatic carbocycles. The number of anilines is 1. The molecule has 0 bridgehead atoms. The first-order chi connectivity index (χ1) is 12.4. The number of nitrogens with one attached hydrogen (secondary N) is 1. The lowest BCUT2D eigenvalue weighted by Gasteiger charge is -2.06. The highest BCUT2D eigenvalue weighted by Gasteiger charge is 2.12. The van der Waals surface area contributed by atoms with Crippen molar-refractivity contribution < 1.29 is 23.6 Å². The second-order valence-corrected chi connectivity index (χ2v) is 5.34. The van der Waals surface area contributed by atoms with Crippen LogP contribution in [0.5, 0.6) is 0 Å². The van der Waals surface area contributed by atoms with Gasteiger partial charge in [-0.3, -0.25) is 14.9 Å². The number of carbonyl (C=O) groups is 2. The average molecular weight is 379 g/mol. The van der Waals surface area contributed by atoms with Crippen molar-refractivity contribution in [1.82, 2.24) is 0 Å². The molecule has 1 amide bonds. The van der Waals surface area contributed by atoms with E-state index in [2.05, 4.69) is 5.32 Å². The molecule has 0 saturated carbocycles. The van der Waals surface area contributed by atoms with Crippen LogP contribution >= 0.6 is 11.6 Å². The van der Waals surface area contributed by atoms with Crippen LogP contribution in [0.3, 0.4) is 0 Å². The number of para-hydroxylation sites is 1. The highest BCUT2D eigenvalue weighted by Crippen LogP contribution is 2.25. The van der Waals surface area contributed by atoms with Gasteiger partial charge in [0.25, 0.3) is 11.6 Å². The average Bonchev–Trinajstić information content (AvgIpc) is 2.61. The number of carbonyl (C=O) groups excluding carboxylic acids is 2. The van der Waals surface area contributed by atoms with Crippen LogP contribution in [0.1, 0.15) is 5.56 Å². The van der Waals surface area contributed by atoms with E-state index in [-0.39, 0.29) is 16.4 Å². The monoisotopic (exact) mass is 378 g/mol. The summed E-state index contributed by atoms with van der Waals surface area (Å²) in [6.07, 6.45) is 2.28. The molecule has 9 heteroatoms. The van der Waals surface area contributed by atoms with Gasteiger partial charge in [-0.05, 0) is 29.8 Å². The number of nitrogens with zero attached hydrogens (tertiary/aromatic N) is 1. The van der Waals surface area contributed by atoms with Crippen molar-refractivity contribution in [2.75, 3.05) is 11.9 Å². The normalized spacial score (nSPS) is 10.5. The Balaban J connectivity index is 1.89. The molecule has 134 valence electrons. The summed E-state index contributed by atoms with van der Waals surface area (Å²) in [5.41, 5.74) is 0.0258. The summed E-state index contributed by atoms with van der Waals surface area (Å²) in [6, 6.07) is 9.54. The molecule has 2 rings (SSSR count). The highest BCUT2D eigenvalue weighted by molar-refractivity contribution is 6.32. The van der Waals surface area contributed by atoms with E-state index in [0.29, 0.717) is 5.56 Å². The quantitative estimate of drug-likeness (QED) is 0.358. The Kier molecular flexibility index (Phi) is 6.40. The minimum absolute atomic E-state index is 0.0282. The van der Waals surface area contributed by atoms with Crippen LogP contribution in [0.25, 0.3) is 6.08 Å². The summed E-state index contributed by atoms with van der Waals surface area (Å²) >= 11 is 5.69. The van der Waals surface area contributed by atoms with Gasteiger partial charge in [0.05, 0.1) is 10.6 Å². The topological polar surface area (TPSA) is 98.5 Å². The number of hydrogen-bond donors (Lipinski definition) is 1. The largest absolute Gasteiger partial charge is 0.452 e. The molecular weight excluding hydrogens is 367 g/mol. The van der Waals surface area contributed by atoms with Crippen molar-refractivity contribution in [3.8, 4) is 0 Å². The van der Waals surface area contributed by atoms with Gasteiger partial charge in [0.1, 0.15) is 10.8 Å². The minimum atomic E-state index is -0.841. The van der Waals surface area contributed by atoms with E-state index in [1.807, 2.05) is 0 Å². The van der Waals surface area contributed by atoms with Gasteiger partial charge in [-0.2, -0.15) is 0 Å². The van der Waals surface area contributed by atoms with Crippen molar-refractivity contribution in [1.29, 1.82) is 0 Å². The number of benzene rings is 2. The van der Waals surface area contributed by atoms with Gasteiger partial charge >= 0.3 is 5.97 Å². The first-order valence-electron chi connectivity index (χ1n) is 7.20. The zero-order chi connectivity index (χ0) is 19.1. The Morgan fingerprint density at radius 3 is 2.69 bits per heavy atom. The molecule has 2 aromatic carbocycles. The molecule has 0 radical (unpaired) electrons. The Bertz CT molecular complexity index is 885. The molecule has 1 N–H and O–H groups in total. The SMILES string of the molecule is O=C(COC(=O)/C=C/c1ccc(Cl)c([N+](=O)[O-])c1)Nc1ccccc1F. The summed E-state index contributed by atoms with van der Waals surface area (Å²) < 4.78 is 18.1. The molecule has 0 atom stereocenters. The fraction of sp³-hybridized carbons (Fsp3) is 0.0588. The first kappa shape index (κ1) is 19.1. The molecule has 0 spiro atoms. The van der Waals surface area contributed by atoms with Crippen LogP contribution in [-0.2, 0) is 14.3 Å². The predicted molar refractivity (Wildman–Crippen MR) is 93.1 cm³/mol. The number of hydrogen-bond acceptors (Lipinski definition) is 5. The maximum atomic E-state index is 13.4. The fourth-order valence-electron chi connectivity index (χ4n) is 1.87. The van der Waals surface area contributed by atoms with E-state index in [0.717, 1.165) is 6.08 Å². The third kappa shape index (κ3) is 5.38. The van der Waals surface area contributed by atoms with Gasteiger partial charge < -0.3 is 10.1 Å². The van der Waals surface area contributed by atoms with Crippen molar-refractivity contribution >= 4 is 40.9 Å². The van der Waals surface area contributed by atoms with E-state index in [9.17, 15) is 24.1 Å². The number of nitro benzene ring substituents is 1. The summed E-state index contributed by atoms with van der Waals surface area (Å²) in [7, 11) is 0. The molecule has 0 saturated heterocycles. The van der Waals surface area contributed by atoms with Crippen LogP contribution in [-0.4, -0.2) is 23.4 Å². The second kappa shape index (κ2) is 8.72. The van der Waals surface area contributed by atoms with Gasteiger partial charge in [0, 0.05) is 12.1 Å². The van der Waals surface area contributed by atoms with Crippen molar-refractivity contribution in [2.24, 2.45) is 0 Å². The van der Waals surface area contributed by atoms with Gasteiger partial charge in [0.15, 0.2) is 6.61 Å². The Morgan fingerprint density at radius 1 is 1.27 bits per heavy atom. The Morgan fingerprint density at radius 2 is 2.00 bits per heavy atom. The number of ether oxygens (including phenoxy) is 1. The Labute approximate surface area is 152 Å². The molecule has 0 aliphatic rings. The molecule has 0 fully saturated rings. The summed E-state index contributed by atoms with van der Waals surface area (Å²) in [4.78, 5) is 33.4. The van der Waals surface area contributed by atoms with Gasteiger partial charge in [-0.15, -0.1) is 0 Å². The molecule has 0 aromatic heterocycles. The van der Waals surface area contributed by atoms with Crippen LogP contribution in [0.2, 0.25) is 5.02 Å².